The number of carbonyl (C=O) groups is 3. The van der Waals surface area contributed by atoms with Crippen LogP contribution in [0.2, 0.25) is 0 Å². The van der Waals surface area contributed by atoms with Gasteiger partial charge in [0, 0.05) is 28.5 Å². The Hall–Kier alpha value is -3.35. The van der Waals surface area contributed by atoms with Crippen LogP contribution in [0.5, 0.6) is 0 Å². The van der Waals surface area contributed by atoms with Crippen molar-refractivity contribution in [1.29, 1.82) is 0 Å². The van der Waals surface area contributed by atoms with E-state index in [1.807, 2.05) is 6.92 Å². The second-order valence-corrected chi connectivity index (χ2v) is 6.41. The molecule has 7 nitrogen and oxygen atoms in total. The minimum Gasteiger partial charge on any atom is -0.351 e. The molecule has 1 aliphatic rings. The lowest BCUT2D eigenvalue weighted by atomic mass is 10.1. The highest BCUT2D eigenvalue weighted by Gasteiger charge is 2.39. The van der Waals surface area contributed by atoms with E-state index in [0.29, 0.717) is 28.5 Å². The monoisotopic (exact) mass is 352 g/mol. The van der Waals surface area contributed by atoms with Gasteiger partial charge in [-0.3, -0.25) is 9.59 Å². The van der Waals surface area contributed by atoms with Crippen LogP contribution in [0.3, 0.4) is 0 Å². The zero-order chi connectivity index (χ0) is 18.7. The summed E-state index contributed by atoms with van der Waals surface area (Å²) < 4.78 is 0. The van der Waals surface area contributed by atoms with Crippen LogP contribution in [0.15, 0.2) is 48.5 Å². The maximum absolute atomic E-state index is 12.4. The second kappa shape index (κ2) is 7.26. The van der Waals surface area contributed by atoms with Crippen LogP contribution in [0.25, 0.3) is 0 Å². The summed E-state index contributed by atoms with van der Waals surface area (Å²) in [7, 11) is 0. The zero-order valence-electron chi connectivity index (χ0n) is 14.3. The molecule has 1 fully saturated rings. The predicted octanol–water partition coefficient (Wildman–Crippen LogP) is 3.02. The summed E-state index contributed by atoms with van der Waals surface area (Å²) in [5, 5.41) is 8.04. The lowest BCUT2D eigenvalue weighted by Gasteiger charge is -2.09. The first-order valence-electron chi connectivity index (χ1n) is 8.31. The van der Waals surface area contributed by atoms with Gasteiger partial charge >= 0.3 is 6.03 Å². The van der Waals surface area contributed by atoms with Crippen LogP contribution < -0.4 is 21.7 Å². The average Bonchev–Trinajstić information content (AvgIpc) is 3.32. The fourth-order valence-electron chi connectivity index (χ4n) is 2.68. The van der Waals surface area contributed by atoms with E-state index in [2.05, 4.69) is 16.0 Å². The molecule has 0 unspecified atom stereocenters. The molecule has 0 aliphatic heterocycles. The number of hydrogen-bond donors (Lipinski definition) is 4. The van der Waals surface area contributed by atoms with Gasteiger partial charge in [-0.05, 0) is 48.7 Å². The Labute approximate surface area is 151 Å². The van der Waals surface area contributed by atoms with Gasteiger partial charge in [-0.15, -0.1) is 0 Å². The van der Waals surface area contributed by atoms with Gasteiger partial charge in [0.25, 0.3) is 5.91 Å². The Balaban J connectivity index is 1.67. The van der Waals surface area contributed by atoms with E-state index < -0.39 is 6.03 Å². The fraction of sp³-hybridized carbons (Fsp3) is 0.211. The first-order chi connectivity index (χ1) is 12.4. The lowest BCUT2D eigenvalue weighted by Crippen LogP contribution is -2.19. The SMILES string of the molecule is C[C@H]1C[C@H]1C(=O)Nc1cccc(C(=O)Nc2cccc(NC(N)=O)c2)c1. The number of amides is 4. The van der Waals surface area contributed by atoms with Crippen molar-refractivity contribution in [3.8, 4) is 0 Å². The van der Waals surface area contributed by atoms with Crippen molar-refractivity contribution in [2.24, 2.45) is 17.6 Å². The fourth-order valence-corrected chi connectivity index (χ4v) is 2.68. The molecule has 1 saturated carbocycles. The number of hydrogen-bond acceptors (Lipinski definition) is 3. The Bertz CT molecular complexity index is 865. The number of nitrogens with one attached hydrogen (secondary N) is 3. The van der Waals surface area contributed by atoms with Crippen molar-refractivity contribution in [2.75, 3.05) is 16.0 Å². The maximum Gasteiger partial charge on any atom is 0.316 e. The molecule has 0 aromatic heterocycles. The second-order valence-electron chi connectivity index (χ2n) is 6.41. The van der Waals surface area contributed by atoms with E-state index in [1.165, 1.54) is 0 Å². The van der Waals surface area contributed by atoms with Crippen LogP contribution in [-0.2, 0) is 4.79 Å². The molecule has 0 bridgehead atoms. The van der Waals surface area contributed by atoms with Gasteiger partial charge < -0.3 is 21.7 Å². The van der Waals surface area contributed by atoms with Crippen LogP contribution in [0.4, 0.5) is 21.9 Å². The Morgan fingerprint density at radius 3 is 2.12 bits per heavy atom. The van der Waals surface area contributed by atoms with Crippen LogP contribution >= 0.6 is 0 Å². The molecule has 0 spiro atoms. The number of urea groups is 1. The van der Waals surface area contributed by atoms with Gasteiger partial charge in [0.1, 0.15) is 0 Å². The van der Waals surface area contributed by atoms with Crippen molar-refractivity contribution in [3.63, 3.8) is 0 Å². The van der Waals surface area contributed by atoms with Gasteiger partial charge in [0.2, 0.25) is 5.91 Å². The lowest BCUT2D eigenvalue weighted by molar-refractivity contribution is -0.117. The quantitative estimate of drug-likeness (QED) is 0.663. The minimum atomic E-state index is -0.679. The molecule has 2 aromatic carbocycles. The van der Waals surface area contributed by atoms with Crippen molar-refractivity contribution in [3.05, 3.63) is 54.1 Å². The Morgan fingerprint density at radius 2 is 1.50 bits per heavy atom. The summed E-state index contributed by atoms with van der Waals surface area (Å²) >= 11 is 0. The highest BCUT2D eigenvalue weighted by molar-refractivity contribution is 6.06. The Morgan fingerprint density at radius 1 is 0.923 bits per heavy atom. The molecule has 2 aromatic rings. The zero-order valence-corrected chi connectivity index (χ0v) is 14.3. The topological polar surface area (TPSA) is 113 Å². The number of rotatable bonds is 5. The highest BCUT2D eigenvalue weighted by atomic mass is 16.2. The normalized spacial score (nSPS) is 17.9. The molecule has 3 rings (SSSR count). The van der Waals surface area contributed by atoms with Gasteiger partial charge in [0.15, 0.2) is 0 Å². The molecule has 0 heterocycles. The highest BCUT2D eigenvalue weighted by Crippen LogP contribution is 2.38. The van der Waals surface area contributed by atoms with Gasteiger partial charge in [0.05, 0.1) is 0 Å². The van der Waals surface area contributed by atoms with Gasteiger partial charge in [-0.2, -0.15) is 0 Å². The number of carbonyl (C=O) groups excluding carboxylic acids is 3. The van der Waals surface area contributed by atoms with Gasteiger partial charge in [-0.25, -0.2) is 4.79 Å². The van der Waals surface area contributed by atoms with E-state index in [4.69, 9.17) is 5.73 Å². The summed E-state index contributed by atoms with van der Waals surface area (Å²) in [5.41, 5.74) is 7.09. The molecule has 26 heavy (non-hydrogen) atoms. The molecule has 5 N–H and O–H groups in total. The minimum absolute atomic E-state index is 0.0136. The van der Waals surface area contributed by atoms with Crippen molar-refractivity contribution in [1.82, 2.24) is 0 Å². The smallest absolute Gasteiger partial charge is 0.316 e. The molecular weight excluding hydrogens is 332 g/mol. The number of anilines is 3. The molecule has 0 radical (unpaired) electrons. The summed E-state index contributed by atoms with van der Waals surface area (Å²) in [4.78, 5) is 35.4. The molecule has 7 heteroatoms. The van der Waals surface area contributed by atoms with Crippen molar-refractivity contribution >= 4 is 34.9 Å². The number of benzene rings is 2. The van der Waals surface area contributed by atoms with E-state index >= 15 is 0 Å². The first kappa shape index (κ1) is 17.5. The van der Waals surface area contributed by atoms with E-state index in [0.717, 1.165) is 6.42 Å². The molecule has 134 valence electrons. The third kappa shape index (κ3) is 4.38. The van der Waals surface area contributed by atoms with Gasteiger partial charge in [-0.1, -0.05) is 19.1 Å². The molecular formula is C19H20N4O3. The molecule has 0 saturated heterocycles. The molecule has 2 atom stereocenters. The van der Waals surface area contributed by atoms with Crippen LogP contribution in [0.1, 0.15) is 23.7 Å². The third-order valence-corrected chi connectivity index (χ3v) is 4.23. The standard InChI is InChI=1S/C19H20N4O3/c1-11-8-16(11)18(25)22-13-5-2-4-12(9-13)17(24)21-14-6-3-7-15(10-14)23-19(20)26/h2-7,9-11,16H,8H2,1H3,(H,21,24)(H,22,25)(H3,20,23,26)/t11-,16+/m0/s1. The summed E-state index contributed by atoms with van der Waals surface area (Å²) in [6.45, 7) is 2.04. The van der Waals surface area contributed by atoms with Crippen molar-refractivity contribution < 1.29 is 14.4 Å². The van der Waals surface area contributed by atoms with E-state index in [1.54, 1.807) is 48.5 Å². The van der Waals surface area contributed by atoms with E-state index in [9.17, 15) is 14.4 Å². The predicted molar refractivity (Wildman–Crippen MR) is 99.9 cm³/mol. The number of nitrogens with two attached hydrogens (primary N) is 1. The van der Waals surface area contributed by atoms with Crippen LogP contribution in [-0.4, -0.2) is 17.8 Å². The third-order valence-electron chi connectivity index (χ3n) is 4.23. The number of primary amides is 1. The maximum atomic E-state index is 12.4. The summed E-state index contributed by atoms with van der Waals surface area (Å²) in [6, 6.07) is 12.7. The molecule has 4 amide bonds. The summed E-state index contributed by atoms with van der Waals surface area (Å²) in [6.07, 6.45) is 0.904. The first-order valence-corrected chi connectivity index (χ1v) is 8.31. The average molecular weight is 352 g/mol. The Kier molecular flexibility index (Phi) is 4.88. The van der Waals surface area contributed by atoms with E-state index in [-0.39, 0.29) is 17.7 Å². The van der Waals surface area contributed by atoms with Crippen molar-refractivity contribution in [2.45, 2.75) is 13.3 Å². The van der Waals surface area contributed by atoms with Crippen LogP contribution in [0, 0.1) is 11.8 Å². The summed E-state index contributed by atoms with van der Waals surface area (Å²) in [5.74, 6) is 0.146. The largest absolute Gasteiger partial charge is 0.351 e. The molecule has 1 aliphatic carbocycles.